The van der Waals surface area contributed by atoms with Crippen molar-refractivity contribution in [1.82, 2.24) is 0 Å². The molecular formula is C34H58SSn. The molecular weight excluding hydrogens is 559 g/mol. The van der Waals surface area contributed by atoms with Gasteiger partial charge in [-0.3, -0.25) is 0 Å². The maximum atomic E-state index is 2.78. The van der Waals surface area contributed by atoms with Crippen LogP contribution in [-0.2, 0) is 6.42 Å². The van der Waals surface area contributed by atoms with Gasteiger partial charge in [0.05, 0.1) is 0 Å². The number of rotatable bonds is 22. The summed E-state index contributed by atoms with van der Waals surface area (Å²) < 4.78 is 6.66. The van der Waals surface area contributed by atoms with Crippen LogP contribution >= 0.6 is 11.3 Å². The molecule has 0 bridgehead atoms. The van der Waals surface area contributed by atoms with Gasteiger partial charge in [-0.25, -0.2) is 0 Å². The predicted molar refractivity (Wildman–Crippen MR) is 170 cm³/mol. The molecule has 2 aromatic rings. The van der Waals surface area contributed by atoms with Crippen LogP contribution in [0, 0.1) is 0 Å². The van der Waals surface area contributed by atoms with Crippen LogP contribution in [0.5, 0.6) is 0 Å². The first-order valence-corrected chi connectivity index (χ1v) is 24.2. The van der Waals surface area contributed by atoms with E-state index in [0.717, 1.165) is 0 Å². The first-order valence-electron chi connectivity index (χ1n) is 15.9. The molecule has 0 saturated carbocycles. The van der Waals surface area contributed by atoms with Crippen LogP contribution in [0.25, 0.3) is 10.4 Å². The molecule has 0 spiro atoms. The first kappa shape index (κ1) is 31.9. The van der Waals surface area contributed by atoms with Crippen LogP contribution in [0.4, 0.5) is 0 Å². The van der Waals surface area contributed by atoms with Crippen LogP contribution in [0.2, 0.25) is 13.3 Å². The molecule has 1 aromatic heterocycles. The van der Waals surface area contributed by atoms with Gasteiger partial charge >= 0.3 is 215 Å². The zero-order valence-corrected chi connectivity index (χ0v) is 28.2. The van der Waals surface area contributed by atoms with Crippen LogP contribution < -0.4 is 2.89 Å². The molecule has 0 aliphatic carbocycles. The summed E-state index contributed by atoms with van der Waals surface area (Å²) in [6, 6.07) is 14.1. The van der Waals surface area contributed by atoms with Gasteiger partial charge in [0.1, 0.15) is 0 Å². The average molecular weight is 618 g/mol. The molecule has 0 aliphatic rings. The maximum absolute atomic E-state index is 2.78. The van der Waals surface area contributed by atoms with Gasteiger partial charge in [-0.15, -0.1) is 0 Å². The zero-order chi connectivity index (χ0) is 25.9. The molecule has 0 aliphatic heterocycles. The fourth-order valence-electron chi connectivity index (χ4n) is 5.80. The van der Waals surface area contributed by atoms with Crippen molar-refractivity contribution in [2.45, 2.75) is 150 Å². The van der Waals surface area contributed by atoms with Crippen LogP contribution in [0.15, 0.2) is 36.4 Å². The number of hydrogen-bond acceptors (Lipinski definition) is 1. The molecule has 36 heavy (non-hydrogen) atoms. The molecule has 0 nitrogen and oxygen atoms in total. The van der Waals surface area contributed by atoms with Crippen molar-refractivity contribution in [1.29, 1.82) is 0 Å². The molecule has 2 rings (SSSR count). The SMILES string of the molecule is CCCCCCCCCCCCc1c[c]([Sn]([CH2]CCC)([CH2]CCC)[CH2]CCC)sc1-c1ccccc1. The Morgan fingerprint density at radius 1 is 0.556 bits per heavy atom. The third-order valence-electron chi connectivity index (χ3n) is 8.19. The van der Waals surface area contributed by atoms with Crippen molar-refractivity contribution in [3.05, 3.63) is 42.0 Å². The fourth-order valence-corrected chi connectivity index (χ4v) is 26.2. The zero-order valence-electron chi connectivity index (χ0n) is 24.5. The topological polar surface area (TPSA) is 0 Å². The quantitative estimate of drug-likeness (QED) is 0.0911. The predicted octanol–water partition coefficient (Wildman–Crippen LogP) is 11.9. The molecule has 204 valence electrons. The van der Waals surface area contributed by atoms with Crippen molar-refractivity contribution >= 4 is 32.6 Å². The monoisotopic (exact) mass is 618 g/mol. The third kappa shape index (κ3) is 11.2. The minimum absolute atomic E-state index is 1.29. The Morgan fingerprint density at radius 2 is 1.03 bits per heavy atom. The van der Waals surface area contributed by atoms with E-state index >= 15 is 0 Å². The molecule has 1 heterocycles. The molecule has 0 fully saturated rings. The second-order valence-corrected chi connectivity index (χ2v) is 26.6. The van der Waals surface area contributed by atoms with Gasteiger partial charge in [-0.1, -0.05) is 19.8 Å². The normalized spacial score (nSPS) is 11.9. The van der Waals surface area contributed by atoms with E-state index in [9.17, 15) is 0 Å². The molecule has 0 atom stereocenters. The van der Waals surface area contributed by atoms with Gasteiger partial charge in [0.25, 0.3) is 0 Å². The molecule has 0 amide bonds. The van der Waals surface area contributed by atoms with Crippen LogP contribution in [-0.4, -0.2) is 18.4 Å². The van der Waals surface area contributed by atoms with E-state index in [-0.39, 0.29) is 0 Å². The van der Waals surface area contributed by atoms with E-state index in [2.05, 4.69) is 75.4 Å². The summed E-state index contributed by atoms with van der Waals surface area (Å²) >= 11 is -0.132. The first-order chi connectivity index (χ1) is 17.7. The second-order valence-electron chi connectivity index (χ2n) is 11.4. The Hall–Kier alpha value is -0.281. The summed E-state index contributed by atoms with van der Waals surface area (Å²) in [6.45, 7) is 9.51. The minimum atomic E-state index is -2.38. The van der Waals surface area contributed by atoms with Gasteiger partial charge in [0, 0.05) is 0 Å². The van der Waals surface area contributed by atoms with Crippen LogP contribution in [0.1, 0.15) is 136 Å². The number of hydrogen-bond donors (Lipinski definition) is 0. The number of aryl methyl sites for hydroxylation is 1. The van der Waals surface area contributed by atoms with Crippen molar-refractivity contribution in [3.8, 4) is 10.4 Å². The average Bonchev–Trinajstić information content (AvgIpc) is 3.35. The molecule has 2 heteroatoms. The third-order valence-corrected chi connectivity index (χ3v) is 27.6. The van der Waals surface area contributed by atoms with E-state index in [0.29, 0.717) is 0 Å². The van der Waals surface area contributed by atoms with Crippen molar-refractivity contribution < 1.29 is 0 Å². The molecule has 0 unspecified atom stereocenters. The van der Waals surface area contributed by atoms with Crippen LogP contribution in [0.3, 0.4) is 0 Å². The Kier molecular flexibility index (Phi) is 17.5. The summed E-state index contributed by atoms with van der Waals surface area (Å²) in [5, 5.41) is 0. The number of thiophene rings is 1. The Balaban J connectivity index is 2.12. The molecule has 0 radical (unpaired) electrons. The number of benzene rings is 1. The summed E-state index contributed by atoms with van der Waals surface area (Å²) in [7, 11) is 0. The van der Waals surface area contributed by atoms with Crippen molar-refractivity contribution in [2.75, 3.05) is 0 Å². The van der Waals surface area contributed by atoms with Gasteiger partial charge < -0.3 is 0 Å². The van der Waals surface area contributed by atoms with Crippen molar-refractivity contribution in [2.24, 2.45) is 0 Å². The summed E-state index contributed by atoms with van der Waals surface area (Å²) in [4.78, 5) is 1.62. The van der Waals surface area contributed by atoms with E-state index in [1.807, 2.05) is 2.89 Å². The van der Waals surface area contributed by atoms with E-state index < -0.39 is 18.4 Å². The van der Waals surface area contributed by atoms with E-state index in [4.69, 9.17) is 0 Å². The van der Waals surface area contributed by atoms with E-state index in [1.165, 1.54) is 115 Å². The van der Waals surface area contributed by atoms with Gasteiger partial charge in [0.15, 0.2) is 0 Å². The Bertz CT molecular complexity index is 756. The van der Waals surface area contributed by atoms with Crippen molar-refractivity contribution in [3.63, 3.8) is 0 Å². The molecule has 0 saturated heterocycles. The molecule has 0 N–H and O–H groups in total. The van der Waals surface area contributed by atoms with E-state index in [1.54, 1.807) is 23.8 Å². The Labute approximate surface area is 234 Å². The van der Waals surface area contributed by atoms with Gasteiger partial charge in [-0.2, -0.15) is 0 Å². The Morgan fingerprint density at radius 3 is 1.53 bits per heavy atom. The molecule has 1 aromatic carbocycles. The summed E-state index contributed by atoms with van der Waals surface area (Å²) in [5.41, 5.74) is 3.16. The fraction of sp³-hybridized carbons (Fsp3) is 0.706. The summed E-state index contributed by atoms with van der Waals surface area (Å²) in [5.74, 6) is 0. The number of unbranched alkanes of at least 4 members (excludes halogenated alkanes) is 12. The van der Waals surface area contributed by atoms with Gasteiger partial charge in [0.2, 0.25) is 0 Å². The van der Waals surface area contributed by atoms with Gasteiger partial charge in [-0.05, 0) is 0 Å². The standard InChI is InChI=1S/C22H31S.3C4H9.Sn/c1-2-3-4-5-6-7-8-9-10-12-17-21-18-19-23-22(21)20-15-13-11-14-16-20;3*1-3-4-2;/h11,13-16,18H,2-10,12,17H2,1H3;3*1,3-4H2,2H3;. The second kappa shape index (κ2) is 19.7. The summed E-state index contributed by atoms with van der Waals surface area (Å²) in [6.07, 6.45) is 24.0.